The molecular weight excluding hydrogens is 452 g/mol. The van der Waals surface area contributed by atoms with E-state index in [1.54, 1.807) is 56.0 Å². The first-order valence-corrected chi connectivity index (χ1v) is 10.9. The highest BCUT2D eigenvalue weighted by Crippen LogP contribution is 2.27. The van der Waals surface area contributed by atoms with Gasteiger partial charge in [-0.15, -0.1) is 0 Å². The highest BCUT2D eigenvalue weighted by Gasteiger charge is 2.15. The number of para-hydroxylation sites is 1. The van der Waals surface area contributed by atoms with Crippen molar-refractivity contribution in [3.05, 3.63) is 102 Å². The second kappa shape index (κ2) is 11.1. The molecule has 0 saturated carbocycles. The predicted octanol–water partition coefficient (Wildman–Crippen LogP) is 4.99. The Balaban J connectivity index is 1.60. The summed E-state index contributed by atoms with van der Waals surface area (Å²) in [6.45, 7) is -0.636. The highest BCUT2D eigenvalue weighted by molar-refractivity contribution is 6.00. The third-order valence-corrected chi connectivity index (χ3v) is 5.24. The maximum atomic E-state index is 13.0. The Morgan fingerprint density at radius 2 is 1.71 bits per heavy atom. The van der Waals surface area contributed by atoms with Gasteiger partial charge in [0.25, 0.3) is 5.91 Å². The number of hydrogen-bond donors (Lipinski definition) is 2. The standard InChI is InChI=1S/C26H23F2N5O2/c1-17-30-15-21(16-31-17)19-6-7-22(25(34)33-13-18-8-10-29-11-9-18)23(12-19)32-14-20-4-2-3-5-24(20)35-26(27)28/h2-12,15-16,26,32H,13-14H2,1H3,(H,33,34). The highest BCUT2D eigenvalue weighted by atomic mass is 19.3. The number of rotatable bonds is 9. The molecule has 0 saturated heterocycles. The lowest BCUT2D eigenvalue weighted by molar-refractivity contribution is -0.0504. The van der Waals surface area contributed by atoms with Crippen molar-refractivity contribution in [1.29, 1.82) is 0 Å². The smallest absolute Gasteiger partial charge is 0.387 e. The summed E-state index contributed by atoms with van der Waals surface area (Å²) in [5.41, 5.74) is 3.96. The third-order valence-electron chi connectivity index (χ3n) is 5.24. The molecule has 2 aromatic carbocycles. The second-order valence-electron chi connectivity index (χ2n) is 7.66. The van der Waals surface area contributed by atoms with Gasteiger partial charge in [-0.3, -0.25) is 9.78 Å². The van der Waals surface area contributed by atoms with Gasteiger partial charge in [-0.05, 0) is 48.4 Å². The van der Waals surface area contributed by atoms with Gasteiger partial charge in [0.15, 0.2) is 0 Å². The Bertz CT molecular complexity index is 1280. The van der Waals surface area contributed by atoms with Gasteiger partial charge in [-0.25, -0.2) is 9.97 Å². The average molecular weight is 475 g/mol. The molecule has 4 rings (SSSR count). The Kier molecular flexibility index (Phi) is 7.57. The number of carbonyl (C=O) groups is 1. The number of hydrogen-bond acceptors (Lipinski definition) is 6. The van der Waals surface area contributed by atoms with E-state index in [2.05, 4.69) is 30.3 Å². The number of pyridine rings is 1. The summed E-state index contributed by atoms with van der Waals surface area (Å²) in [6.07, 6.45) is 6.73. The maximum absolute atomic E-state index is 13.0. The molecule has 7 nitrogen and oxygen atoms in total. The SMILES string of the molecule is Cc1ncc(-c2ccc(C(=O)NCc3ccncc3)c(NCc3ccccc3OC(F)F)c2)cn1. The average Bonchev–Trinajstić information content (AvgIpc) is 2.87. The molecule has 0 radical (unpaired) electrons. The van der Waals surface area contributed by atoms with E-state index in [9.17, 15) is 13.6 Å². The zero-order valence-corrected chi connectivity index (χ0v) is 18.9. The molecule has 0 aliphatic carbocycles. The summed E-state index contributed by atoms with van der Waals surface area (Å²) in [5, 5.41) is 6.11. The van der Waals surface area contributed by atoms with Crippen LogP contribution >= 0.6 is 0 Å². The molecule has 0 aliphatic rings. The van der Waals surface area contributed by atoms with Gasteiger partial charge >= 0.3 is 6.61 Å². The van der Waals surface area contributed by atoms with E-state index in [1.165, 1.54) is 6.07 Å². The number of aryl methyl sites for hydroxylation is 1. The first kappa shape index (κ1) is 23.7. The van der Waals surface area contributed by atoms with Crippen molar-refractivity contribution in [2.24, 2.45) is 0 Å². The number of alkyl halides is 2. The van der Waals surface area contributed by atoms with Crippen molar-refractivity contribution < 1.29 is 18.3 Å². The minimum Gasteiger partial charge on any atom is -0.434 e. The van der Waals surface area contributed by atoms with Gasteiger partial charge in [0.05, 0.1) is 5.56 Å². The molecule has 2 aromatic heterocycles. The fourth-order valence-electron chi connectivity index (χ4n) is 3.44. The number of benzene rings is 2. The molecule has 35 heavy (non-hydrogen) atoms. The lowest BCUT2D eigenvalue weighted by Gasteiger charge is -2.16. The minimum absolute atomic E-state index is 0.0711. The van der Waals surface area contributed by atoms with E-state index in [0.717, 1.165) is 16.7 Å². The van der Waals surface area contributed by atoms with Crippen LogP contribution in [0.15, 0.2) is 79.4 Å². The molecule has 0 fully saturated rings. The molecular formula is C26H23F2N5O2. The van der Waals surface area contributed by atoms with Gasteiger partial charge in [-0.2, -0.15) is 8.78 Å². The van der Waals surface area contributed by atoms with Crippen LogP contribution in [-0.2, 0) is 13.1 Å². The molecule has 4 aromatic rings. The molecule has 2 N–H and O–H groups in total. The number of anilines is 1. The zero-order chi connectivity index (χ0) is 24.6. The Labute approximate surface area is 201 Å². The number of ether oxygens (including phenoxy) is 1. The van der Waals surface area contributed by atoms with Crippen LogP contribution in [0.1, 0.15) is 27.3 Å². The van der Waals surface area contributed by atoms with E-state index >= 15 is 0 Å². The fraction of sp³-hybridized carbons (Fsp3) is 0.154. The van der Waals surface area contributed by atoms with Crippen LogP contribution in [-0.4, -0.2) is 27.5 Å². The Morgan fingerprint density at radius 3 is 2.46 bits per heavy atom. The van der Waals surface area contributed by atoms with Crippen molar-refractivity contribution in [3.63, 3.8) is 0 Å². The molecule has 2 heterocycles. The van der Waals surface area contributed by atoms with Gasteiger partial charge < -0.3 is 15.4 Å². The number of nitrogens with one attached hydrogen (secondary N) is 2. The zero-order valence-electron chi connectivity index (χ0n) is 18.9. The molecule has 0 unspecified atom stereocenters. The summed E-state index contributed by atoms with van der Waals surface area (Å²) < 4.78 is 30.3. The Morgan fingerprint density at radius 1 is 0.971 bits per heavy atom. The molecule has 9 heteroatoms. The van der Waals surface area contributed by atoms with E-state index in [4.69, 9.17) is 0 Å². The van der Waals surface area contributed by atoms with Crippen LogP contribution in [0.5, 0.6) is 5.75 Å². The number of carbonyl (C=O) groups excluding carboxylic acids is 1. The van der Waals surface area contributed by atoms with Gasteiger partial charge in [0, 0.05) is 54.7 Å². The van der Waals surface area contributed by atoms with Crippen molar-refractivity contribution in [3.8, 4) is 16.9 Å². The second-order valence-corrected chi connectivity index (χ2v) is 7.66. The number of nitrogens with zero attached hydrogens (tertiary/aromatic N) is 3. The van der Waals surface area contributed by atoms with E-state index in [1.807, 2.05) is 24.3 Å². The Hall–Kier alpha value is -4.40. The van der Waals surface area contributed by atoms with Crippen LogP contribution < -0.4 is 15.4 Å². The molecule has 0 bridgehead atoms. The van der Waals surface area contributed by atoms with Crippen molar-refractivity contribution in [2.75, 3.05) is 5.32 Å². The summed E-state index contributed by atoms with van der Waals surface area (Å²) in [4.78, 5) is 25.5. The van der Waals surface area contributed by atoms with E-state index < -0.39 is 6.61 Å². The summed E-state index contributed by atoms with van der Waals surface area (Å²) in [5.74, 6) is 0.435. The van der Waals surface area contributed by atoms with Gasteiger partial charge in [-0.1, -0.05) is 24.3 Å². The van der Waals surface area contributed by atoms with Crippen molar-refractivity contribution in [2.45, 2.75) is 26.6 Å². The lowest BCUT2D eigenvalue weighted by Crippen LogP contribution is -2.24. The predicted molar refractivity (Wildman–Crippen MR) is 128 cm³/mol. The van der Waals surface area contributed by atoms with E-state index in [0.29, 0.717) is 29.2 Å². The summed E-state index contributed by atoms with van der Waals surface area (Å²) >= 11 is 0. The first-order valence-electron chi connectivity index (χ1n) is 10.9. The van der Waals surface area contributed by atoms with Crippen LogP contribution in [0, 0.1) is 6.92 Å². The largest absolute Gasteiger partial charge is 0.434 e. The summed E-state index contributed by atoms with van der Waals surface area (Å²) in [7, 11) is 0. The van der Waals surface area contributed by atoms with Gasteiger partial charge in [0.2, 0.25) is 0 Å². The normalized spacial score (nSPS) is 10.7. The molecule has 178 valence electrons. The lowest BCUT2D eigenvalue weighted by atomic mass is 10.0. The molecule has 0 aliphatic heterocycles. The first-order chi connectivity index (χ1) is 17.0. The van der Waals surface area contributed by atoms with Crippen molar-refractivity contribution >= 4 is 11.6 Å². The number of halogens is 2. The molecule has 0 spiro atoms. The van der Waals surface area contributed by atoms with Crippen LogP contribution in [0.25, 0.3) is 11.1 Å². The quantitative estimate of drug-likeness (QED) is 0.355. The van der Waals surface area contributed by atoms with Crippen molar-refractivity contribution in [1.82, 2.24) is 20.3 Å². The molecule has 0 atom stereocenters. The minimum atomic E-state index is -2.93. The topological polar surface area (TPSA) is 89.0 Å². The number of amides is 1. The third kappa shape index (κ3) is 6.35. The van der Waals surface area contributed by atoms with E-state index in [-0.39, 0.29) is 18.2 Å². The van der Waals surface area contributed by atoms with Gasteiger partial charge in [0.1, 0.15) is 11.6 Å². The van der Waals surface area contributed by atoms with Crippen LogP contribution in [0.2, 0.25) is 0 Å². The monoisotopic (exact) mass is 475 g/mol. The van der Waals surface area contributed by atoms with Crippen LogP contribution in [0.3, 0.4) is 0 Å². The van der Waals surface area contributed by atoms with Crippen LogP contribution in [0.4, 0.5) is 14.5 Å². The number of aromatic nitrogens is 3. The molecule has 1 amide bonds. The fourth-order valence-corrected chi connectivity index (χ4v) is 3.44. The maximum Gasteiger partial charge on any atom is 0.387 e. The summed E-state index contributed by atoms with van der Waals surface area (Å²) in [6, 6.07) is 15.5.